The van der Waals surface area contributed by atoms with Crippen LogP contribution >= 0.6 is 0 Å². The van der Waals surface area contributed by atoms with Gasteiger partial charge in [0, 0.05) is 51.0 Å². The van der Waals surface area contributed by atoms with E-state index < -0.39 is 0 Å². The van der Waals surface area contributed by atoms with Crippen LogP contribution in [0.1, 0.15) is 29.6 Å². The van der Waals surface area contributed by atoms with E-state index in [2.05, 4.69) is 11.9 Å². The summed E-state index contributed by atoms with van der Waals surface area (Å²) in [7, 11) is 1.67. The summed E-state index contributed by atoms with van der Waals surface area (Å²) < 4.78 is 11.4. The van der Waals surface area contributed by atoms with Crippen molar-refractivity contribution in [2.24, 2.45) is 0 Å². The van der Waals surface area contributed by atoms with Crippen LogP contribution in [0.25, 0.3) is 0 Å². The van der Waals surface area contributed by atoms with Gasteiger partial charge in [0.25, 0.3) is 5.91 Å². The summed E-state index contributed by atoms with van der Waals surface area (Å²) in [5.41, 5.74) is 0.994. The fourth-order valence-corrected chi connectivity index (χ4v) is 3.50. The van der Waals surface area contributed by atoms with Gasteiger partial charge < -0.3 is 19.7 Å². The van der Waals surface area contributed by atoms with Gasteiger partial charge in [0.15, 0.2) is 0 Å². The third-order valence-electron chi connectivity index (χ3n) is 5.10. The van der Waals surface area contributed by atoms with E-state index >= 15 is 0 Å². The molecule has 6 heteroatoms. The van der Waals surface area contributed by atoms with Gasteiger partial charge in [-0.3, -0.25) is 9.59 Å². The van der Waals surface area contributed by atoms with Crippen LogP contribution in [-0.4, -0.2) is 50.3 Å². The van der Waals surface area contributed by atoms with Crippen molar-refractivity contribution in [1.29, 1.82) is 0 Å². The van der Waals surface area contributed by atoms with Gasteiger partial charge in [-0.15, -0.1) is 0 Å². The molecule has 134 valence electrons. The second kappa shape index (κ2) is 7.37. The average Bonchev–Trinajstić information content (AvgIpc) is 3.02. The molecular formula is C19H24N2O4. The van der Waals surface area contributed by atoms with Crippen molar-refractivity contribution in [2.45, 2.75) is 30.9 Å². The van der Waals surface area contributed by atoms with E-state index in [1.165, 1.54) is 11.0 Å². The molecule has 2 fully saturated rings. The highest BCUT2D eigenvalue weighted by Gasteiger charge is 2.46. The number of anilines is 1. The van der Waals surface area contributed by atoms with Crippen molar-refractivity contribution >= 4 is 17.5 Å². The van der Waals surface area contributed by atoms with Crippen LogP contribution in [0.2, 0.25) is 0 Å². The summed E-state index contributed by atoms with van der Waals surface area (Å²) in [5.74, 6) is -0.313. The Morgan fingerprint density at radius 2 is 1.92 bits per heavy atom. The van der Waals surface area contributed by atoms with Crippen LogP contribution in [0.3, 0.4) is 0 Å². The maximum atomic E-state index is 12.6. The molecule has 0 aromatic heterocycles. The quantitative estimate of drug-likeness (QED) is 0.847. The summed E-state index contributed by atoms with van der Waals surface area (Å²) >= 11 is 0. The predicted octanol–water partition coefficient (Wildman–Crippen LogP) is 1.90. The first-order valence-corrected chi connectivity index (χ1v) is 8.58. The lowest BCUT2D eigenvalue weighted by Crippen LogP contribution is -2.52. The van der Waals surface area contributed by atoms with Crippen LogP contribution in [0.4, 0.5) is 5.69 Å². The van der Waals surface area contributed by atoms with Crippen LogP contribution in [0.15, 0.2) is 36.9 Å². The molecule has 1 aromatic carbocycles. The molecule has 2 saturated heterocycles. The van der Waals surface area contributed by atoms with Gasteiger partial charge in [-0.1, -0.05) is 6.58 Å². The number of likely N-dealkylation sites (N-methyl/N-ethyl adjacent to an activating group) is 1. The zero-order chi connectivity index (χ0) is 17.9. The molecule has 25 heavy (non-hydrogen) atoms. The van der Waals surface area contributed by atoms with E-state index in [1.807, 2.05) is 0 Å². The minimum absolute atomic E-state index is 0.00796. The van der Waals surface area contributed by atoms with Crippen LogP contribution in [-0.2, 0) is 14.3 Å². The highest BCUT2D eigenvalue weighted by atomic mass is 16.5. The summed E-state index contributed by atoms with van der Waals surface area (Å²) in [5, 5.41) is 3.12. The fourth-order valence-electron chi connectivity index (χ4n) is 3.50. The summed E-state index contributed by atoms with van der Waals surface area (Å²) in [6.45, 7) is 5.48. The van der Waals surface area contributed by atoms with Crippen molar-refractivity contribution in [3.63, 3.8) is 0 Å². The lowest BCUT2D eigenvalue weighted by atomic mass is 9.86. The van der Waals surface area contributed by atoms with Crippen molar-refractivity contribution < 1.29 is 19.1 Å². The normalized spacial score (nSPS) is 21.7. The number of nitrogens with zero attached hydrogens (tertiary/aromatic N) is 1. The molecule has 0 radical (unpaired) electrons. The maximum Gasteiger partial charge on any atom is 0.251 e. The molecule has 2 heterocycles. The van der Waals surface area contributed by atoms with Gasteiger partial charge in [0.05, 0.1) is 11.6 Å². The average molecular weight is 344 g/mol. The lowest BCUT2D eigenvalue weighted by molar-refractivity contribution is -0.113. The number of benzene rings is 1. The molecule has 2 aliphatic heterocycles. The van der Waals surface area contributed by atoms with Crippen LogP contribution < -0.4 is 10.2 Å². The standard InChI is InChI=1S/C19H24N2O4/c1-3-17(22)21(2)15-6-4-14(5-7-15)18(23)20-16-8-11-25-19(16)9-12-24-13-10-19/h3-7,16H,1,8-13H2,2H3,(H,20,23). The molecule has 2 aliphatic rings. The molecule has 1 unspecified atom stereocenters. The smallest absolute Gasteiger partial charge is 0.251 e. The van der Waals surface area contributed by atoms with Crippen molar-refractivity contribution in [1.82, 2.24) is 5.32 Å². The third kappa shape index (κ3) is 3.60. The molecule has 0 bridgehead atoms. The molecule has 0 saturated carbocycles. The molecule has 1 aromatic rings. The van der Waals surface area contributed by atoms with Crippen molar-refractivity contribution in [3.8, 4) is 0 Å². The van der Waals surface area contributed by atoms with E-state index in [1.54, 1.807) is 31.3 Å². The molecule has 1 spiro atoms. The predicted molar refractivity (Wildman–Crippen MR) is 94.7 cm³/mol. The molecule has 0 aliphatic carbocycles. The Morgan fingerprint density at radius 1 is 1.24 bits per heavy atom. The van der Waals surface area contributed by atoms with Crippen LogP contribution in [0, 0.1) is 0 Å². The van der Waals surface area contributed by atoms with Crippen LogP contribution in [0.5, 0.6) is 0 Å². The largest absolute Gasteiger partial charge is 0.381 e. The van der Waals surface area contributed by atoms with E-state index in [9.17, 15) is 9.59 Å². The number of amides is 2. The van der Waals surface area contributed by atoms with E-state index in [0.29, 0.717) is 31.1 Å². The minimum atomic E-state index is -0.287. The Labute approximate surface area is 147 Å². The number of hydrogen-bond donors (Lipinski definition) is 1. The molecule has 1 N–H and O–H groups in total. The van der Waals surface area contributed by atoms with Gasteiger partial charge >= 0.3 is 0 Å². The van der Waals surface area contributed by atoms with E-state index in [-0.39, 0.29) is 23.5 Å². The van der Waals surface area contributed by atoms with E-state index in [0.717, 1.165) is 19.3 Å². The summed E-state index contributed by atoms with van der Waals surface area (Å²) in [6.07, 6.45) is 3.70. The Hall–Kier alpha value is -2.18. The Morgan fingerprint density at radius 3 is 2.56 bits per heavy atom. The maximum absolute atomic E-state index is 12.6. The molecular weight excluding hydrogens is 320 g/mol. The number of carbonyl (C=O) groups is 2. The Kier molecular flexibility index (Phi) is 5.20. The first-order chi connectivity index (χ1) is 12.1. The monoisotopic (exact) mass is 344 g/mol. The first kappa shape index (κ1) is 17.6. The zero-order valence-electron chi connectivity index (χ0n) is 14.5. The van der Waals surface area contributed by atoms with Crippen molar-refractivity contribution in [3.05, 3.63) is 42.5 Å². The fraction of sp³-hybridized carbons (Fsp3) is 0.474. The summed E-state index contributed by atoms with van der Waals surface area (Å²) in [6, 6.07) is 6.97. The SMILES string of the molecule is C=CC(=O)N(C)c1ccc(C(=O)NC2CCOC23CCOCC3)cc1. The summed E-state index contributed by atoms with van der Waals surface area (Å²) in [4.78, 5) is 25.7. The molecule has 1 atom stereocenters. The minimum Gasteiger partial charge on any atom is -0.381 e. The lowest BCUT2D eigenvalue weighted by Gasteiger charge is -2.37. The Bertz CT molecular complexity index is 650. The molecule has 2 amide bonds. The first-order valence-electron chi connectivity index (χ1n) is 8.58. The second-order valence-electron chi connectivity index (χ2n) is 6.49. The van der Waals surface area contributed by atoms with Gasteiger partial charge in [-0.05, 0) is 36.8 Å². The highest BCUT2D eigenvalue weighted by Crippen LogP contribution is 2.35. The van der Waals surface area contributed by atoms with Crippen molar-refractivity contribution in [2.75, 3.05) is 31.8 Å². The van der Waals surface area contributed by atoms with Gasteiger partial charge in [0.2, 0.25) is 5.91 Å². The van der Waals surface area contributed by atoms with E-state index in [4.69, 9.17) is 9.47 Å². The molecule has 6 nitrogen and oxygen atoms in total. The zero-order valence-corrected chi connectivity index (χ0v) is 14.5. The second-order valence-corrected chi connectivity index (χ2v) is 6.49. The van der Waals surface area contributed by atoms with Gasteiger partial charge in [-0.25, -0.2) is 0 Å². The number of nitrogens with one attached hydrogen (secondary N) is 1. The third-order valence-corrected chi connectivity index (χ3v) is 5.10. The number of ether oxygens (including phenoxy) is 2. The number of hydrogen-bond acceptors (Lipinski definition) is 4. The Balaban J connectivity index is 1.67. The number of carbonyl (C=O) groups excluding carboxylic acids is 2. The highest BCUT2D eigenvalue weighted by molar-refractivity contribution is 6.01. The molecule has 3 rings (SSSR count). The van der Waals surface area contributed by atoms with Gasteiger partial charge in [0.1, 0.15) is 0 Å². The topological polar surface area (TPSA) is 67.9 Å². The number of rotatable bonds is 4. The van der Waals surface area contributed by atoms with Gasteiger partial charge in [-0.2, -0.15) is 0 Å².